The Hall–Kier alpha value is -6.13. The Morgan fingerprint density at radius 2 is 0.370 bits per heavy atom. The number of ether oxygens (including phenoxy) is 3. The van der Waals surface area contributed by atoms with Gasteiger partial charge in [-0.25, -0.2) is 9.13 Å². The van der Waals surface area contributed by atoms with E-state index in [1.165, 1.54) is 199 Å². The van der Waals surface area contributed by atoms with Crippen LogP contribution in [0.2, 0.25) is 0 Å². The van der Waals surface area contributed by atoms with E-state index in [1.54, 1.807) is 0 Å². The van der Waals surface area contributed by atoms with Crippen molar-refractivity contribution < 1.29 is 75.8 Å². The number of carbonyl (C=O) groups excluding carboxylic acids is 3. The number of esters is 3. The molecule has 0 aliphatic rings. The fourth-order valence-corrected chi connectivity index (χ4v) is 16.2. The molecule has 0 spiro atoms. The molecule has 0 aromatic heterocycles. The number of aliphatic hydroxyl groups excluding tert-OH is 2. The fourth-order valence-electron chi connectivity index (χ4n) is 14.6. The number of carbonyl (C=O) groups is 3. The van der Waals surface area contributed by atoms with Gasteiger partial charge in [-0.1, -0.05) is 471 Å². The van der Waals surface area contributed by atoms with E-state index in [1.807, 2.05) is 0 Å². The zero-order valence-corrected chi connectivity index (χ0v) is 87.3. The van der Waals surface area contributed by atoms with Gasteiger partial charge in [-0.3, -0.25) is 32.5 Å². The SMILES string of the molecule is CC/C=C\C/C=C\C/C=C\C/C=C\C/C=C\C/C=C\CCCCCCCCCCCCCCCCCCC(=O)OCC(O)COP(=O)(O)OCC(O)COP(=O)(O)OCC(COC(=O)CCCCCCCCCCCCCCCCCC/C=C\C/C=C\C/C=C\C/C=C\C/C=C\C/C=C\CC)OC(=O)CCCCCCCCCCCC/C=C\C/C=C\C/C=C\C/C=C\C/C=C\C/C=C\CC. The molecule has 4 N–H and O–H groups in total. The molecule has 135 heavy (non-hydrogen) atoms. The lowest BCUT2D eigenvalue weighted by atomic mass is 10.0. The standard InChI is InChI=1S/C117H196O16P2/c1-4-7-10-13-16-19-22-25-28-31-34-37-40-43-46-49-51-53-55-57-59-62-64-67-70-73-76-79-82-85-88-91-94-97-100-103-115(120)127-106-112(118)107-129-134(123,124)130-108-113(119)109-131-135(125,126)132-111-114(133-117(122)105-102-99-96-93-90-87-84-81-78-75-72-69-66-61-48-45-42-39-36-33-30-27-24-21-18-15-12-9-6-3)110-128-116(121)104-101-98-95-92-89-86-83-80-77-74-71-68-65-63-60-58-56-54-52-50-47-44-41-38-35-32-29-26-23-20-17-14-11-8-5-2/h7-12,16-21,25-30,34-39,43-48,51-54,66,69,112-114,118-119H,4-6,13-15,22-24,31-33,40-42,49-50,55-65,67-68,70-111H2,1-3H3,(H,123,124)(H,125,126)/b10-7-,11-8-,12-9-,19-16-,20-17-,21-18-,28-25-,29-26-,30-27-,37-34-,38-35-,39-36-,46-43-,47-44-,48-45-,53-51-,54-52-,69-66-. The van der Waals surface area contributed by atoms with Gasteiger partial charge >= 0.3 is 33.6 Å². The third-order valence-electron chi connectivity index (χ3n) is 22.7. The molecular formula is C117H196O16P2. The van der Waals surface area contributed by atoms with Crippen molar-refractivity contribution in [2.75, 3.05) is 39.6 Å². The summed E-state index contributed by atoms with van der Waals surface area (Å²) in [5, 5.41) is 20.8. The highest BCUT2D eigenvalue weighted by atomic mass is 31.2. The molecule has 770 valence electrons. The molecular weight excluding hydrogens is 1720 g/mol. The molecule has 18 heteroatoms. The van der Waals surface area contributed by atoms with E-state index in [2.05, 4.69) is 240 Å². The maximum Gasteiger partial charge on any atom is 0.472 e. The maximum absolute atomic E-state index is 13.2. The van der Waals surface area contributed by atoms with Gasteiger partial charge in [0.05, 0.1) is 26.4 Å². The number of unbranched alkanes of at least 4 members (excludes halogenated alkanes) is 42. The van der Waals surface area contributed by atoms with Crippen molar-refractivity contribution >= 4 is 33.6 Å². The van der Waals surface area contributed by atoms with Gasteiger partial charge in [-0.2, -0.15) is 0 Å². The van der Waals surface area contributed by atoms with Crippen LogP contribution in [-0.4, -0.2) is 95.9 Å². The molecule has 5 atom stereocenters. The normalized spacial score (nSPS) is 14.5. The van der Waals surface area contributed by atoms with Crippen LogP contribution in [0, 0.1) is 0 Å². The third kappa shape index (κ3) is 108. The first-order chi connectivity index (χ1) is 66.2. The summed E-state index contributed by atoms with van der Waals surface area (Å²) in [6.45, 7) is 2.40. The van der Waals surface area contributed by atoms with Crippen molar-refractivity contribution in [1.82, 2.24) is 0 Å². The summed E-state index contributed by atoms with van der Waals surface area (Å²) in [4.78, 5) is 59.3. The molecule has 0 radical (unpaired) electrons. The zero-order chi connectivity index (χ0) is 97.8. The average Bonchev–Trinajstić information content (AvgIpc) is 0.895. The largest absolute Gasteiger partial charge is 0.472 e. The first kappa shape index (κ1) is 129. The van der Waals surface area contributed by atoms with Gasteiger partial charge in [-0.15, -0.1) is 0 Å². The summed E-state index contributed by atoms with van der Waals surface area (Å²) in [7, 11) is -9.83. The van der Waals surface area contributed by atoms with Crippen molar-refractivity contribution in [2.24, 2.45) is 0 Å². The highest BCUT2D eigenvalue weighted by molar-refractivity contribution is 7.47. The number of hydrogen-bond acceptors (Lipinski definition) is 14. The van der Waals surface area contributed by atoms with Crippen LogP contribution in [0.1, 0.15) is 445 Å². The summed E-state index contributed by atoms with van der Waals surface area (Å²) in [5.74, 6) is -1.57. The Balaban J connectivity index is 4.62. The Morgan fingerprint density at radius 1 is 0.207 bits per heavy atom. The molecule has 0 saturated carbocycles. The Bertz CT molecular complexity index is 3340. The molecule has 0 bridgehead atoms. The van der Waals surface area contributed by atoms with Crippen molar-refractivity contribution in [1.29, 1.82) is 0 Å². The minimum atomic E-state index is -4.95. The lowest BCUT2D eigenvalue weighted by Crippen LogP contribution is -2.30. The van der Waals surface area contributed by atoms with E-state index in [0.717, 1.165) is 186 Å². The topological polar surface area (TPSA) is 231 Å². The predicted molar refractivity (Wildman–Crippen MR) is 574 cm³/mol. The number of hydrogen-bond donors (Lipinski definition) is 4. The van der Waals surface area contributed by atoms with Gasteiger partial charge in [0.25, 0.3) is 0 Å². The van der Waals surface area contributed by atoms with Crippen LogP contribution in [0.5, 0.6) is 0 Å². The summed E-state index contributed by atoms with van der Waals surface area (Å²) >= 11 is 0. The van der Waals surface area contributed by atoms with Crippen molar-refractivity contribution in [3.8, 4) is 0 Å². The summed E-state index contributed by atoms with van der Waals surface area (Å²) in [5.41, 5.74) is 0. The monoisotopic (exact) mass is 1920 g/mol. The average molecular weight is 1920 g/mol. The highest BCUT2D eigenvalue weighted by Gasteiger charge is 2.30. The van der Waals surface area contributed by atoms with Crippen molar-refractivity contribution in [3.63, 3.8) is 0 Å². The number of aliphatic hydroxyl groups is 2. The van der Waals surface area contributed by atoms with Crippen LogP contribution in [0.4, 0.5) is 0 Å². The number of phosphoric ester groups is 2. The second-order valence-corrected chi connectivity index (χ2v) is 38.5. The van der Waals surface area contributed by atoms with Crippen LogP contribution in [0.25, 0.3) is 0 Å². The van der Waals surface area contributed by atoms with Crippen molar-refractivity contribution in [2.45, 2.75) is 463 Å². The second-order valence-electron chi connectivity index (χ2n) is 35.6. The lowest BCUT2D eigenvalue weighted by Gasteiger charge is -2.21. The lowest BCUT2D eigenvalue weighted by molar-refractivity contribution is -0.161. The van der Waals surface area contributed by atoms with Gasteiger partial charge in [0.15, 0.2) is 6.10 Å². The Labute approximate surface area is 825 Å². The second kappa shape index (κ2) is 107. The molecule has 0 aliphatic carbocycles. The fraction of sp³-hybridized carbons (Fsp3) is 0.667. The van der Waals surface area contributed by atoms with Crippen LogP contribution in [0.3, 0.4) is 0 Å². The summed E-state index contributed by atoms with van der Waals surface area (Å²) in [6.07, 6.45) is 147. The molecule has 0 aliphatic heterocycles. The molecule has 5 unspecified atom stereocenters. The molecule has 0 saturated heterocycles. The minimum absolute atomic E-state index is 0.0938. The van der Waals surface area contributed by atoms with Gasteiger partial charge in [0, 0.05) is 19.3 Å². The first-order valence-electron chi connectivity index (χ1n) is 54.0. The van der Waals surface area contributed by atoms with Crippen LogP contribution in [-0.2, 0) is 55.8 Å². The van der Waals surface area contributed by atoms with E-state index in [4.69, 9.17) is 32.3 Å². The number of allylic oxidation sites excluding steroid dienone is 36. The van der Waals surface area contributed by atoms with Gasteiger partial charge in [-0.05, 0) is 173 Å². The quantitative estimate of drug-likeness (QED) is 0.0146. The van der Waals surface area contributed by atoms with E-state index in [-0.39, 0.29) is 19.3 Å². The van der Waals surface area contributed by atoms with E-state index in [9.17, 15) is 43.5 Å². The number of rotatable bonds is 101. The third-order valence-corrected chi connectivity index (χ3v) is 24.6. The molecule has 0 fully saturated rings. The van der Waals surface area contributed by atoms with Gasteiger partial charge in [0.1, 0.15) is 25.4 Å². The summed E-state index contributed by atoms with van der Waals surface area (Å²) in [6, 6.07) is 0. The molecule has 0 rings (SSSR count). The van der Waals surface area contributed by atoms with Gasteiger partial charge < -0.3 is 34.2 Å². The van der Waals surface area contributed by atoms with E-state index in [0.29, 0.717) is 19.3 Å². The molecule has 0 aromatic rings. The predicted octanol–water partition coefficient (Wildman–Crippen LogP) is 34.8. The minimum Gasteiger partial charge on any atom is -0.463 e. The molecule has 16 nitrogen and oxygen atoms in total. The van der Waals surface area contributed by atoms with Crippen molar-refractivity contribution in [3.05, 3.63) is 219 Å². The van der Waals surface area contributed by atoms with E-state index < -0.39 is 91.5 Å². The molecule has 0 amide bonds. The van der Waals surface area contributed by atoms with Gasteiger partial charge in [0.2, 0.25) is 0 Å². The Kier molecular flexibility index (Phi) is 102. The molecule has 0 aromatic carbocycles. The Morgan fingerprint density at radius 3 is 0.585 bits per heavy atom. The van der Waals surface area contributed by atoms with Crippen LogP contribution in [0.15, 0.2) is 219 Å². The highest BCUT2D eigenvalue weighted by Crippen LogP contribution is 2.45. The van der Waals surface area contributed by atoms with Crippen LogP contribution >= 0.6 is 15.6 Å². The zero-order valence-electron chi connectivity index (χ0n) is 85.5. The maximum atomic E-state index is 13.2. The van der Waals surface area contributed by atoms with E-state index >= 15 is 0 Å². The first-order valence-corrected chi connectivity index (χ1v) is 57.0. The summed E-state index contributed by atoms with van der Waals surface area (Å²) < 4.78 is 61.8. The molecule has 0 heterocycles. The number of phosphoric acid groups is 2. The smallest absolute Gasteiger partial charge is 0.463 e. The van der Waals surface area contributed by atoms with Crippen LogP contribution < -0.4 is 0 Å².